The number of ether oxygens (including phenoxy) is 1. The quantitative estimate of drug-likeness (QED) is 0.909. The van der Waals surface area contributed by atoms with E-state index >= 15 is 0 Å². The number of amidine groups is 1. The van der Waals surface area contributed by atoms with Crippen molar-refractivity contribution in [1.82, 2.24) is 10.2 Å². The molecule has 1 aromatic carbocycles. The van der Waals surface area contributed by atoms with Gasteiger partial charge in [-0.2, -0.15) is 0 Å². The summed E-state index contributed by atoms with van der Waals surface area (Å²) in [6.45, 7) is 6.66. The van der Waals surface area contributed by atoms with Crippen molar-refractivity contribution in [2.24, 2.45) is 4.99 Å². The van der Waals surface area contributed by atoms with Crippen LogP contribution >= 0.6 is 0 Å². The Kier molecular flexibility index (Phi) is 5.18. The molecule has 1 amide bonds. The zero-order chi connectivity index (χ0) is 17.0. The molecule has 2 rings (SSSR count). The van der Waals surface area contributed by atoms with E-state index in [0.717, 1.165) is 18.2 Å². The Labute approximate surface area is 134 Å². The molecule has 1 aromatic rings. The lowest BCUT2D eigenvalue weighted by molar-refractivity contribution is 0.0276. The minimum atomic E-state index is -0.566. The van der Waals surface area contributed by atoms with E-state index in [1.807, 2.05) is 0 Å². The lowest BCUT2D eigenvalue weighted by Gasteiger charge is -2.30. The lowest BCUT2D eigenvalue weighted by atomic mass is 10.2. The Morgan fingerprint density at radius 3 is 2.83 bits per heavy atom. The van der Waals surface area contributed by atoms with E-state index in [4.69, 9.17) is 4.74 Å². The number of nitrogens with zero attached hydrogens (tertiary/aromatic N) is 2. The van der Waals surface area contributed by atoms with E-state index < -0.39 is 23.3 Å². The average molecular weight is 325 g/mol. The molecule has 5 nitrogen and oxygen atoms in total. The first-order valence-corrected chi connectivity index (χ1v) is 7.43. The predicted octanol–water partition coefficient (Wildman–Crippen LogP) is 2.70. The van der Waals surface area contributed by atoms with Gasteiger partial charge in [-0.3, -0.25) is 9.89 Å². The van der Waals surface area contributed by atoms with E-state index in [1.54, 1.807) is 20.8 Å². The molecule has 1 N–H and O–H groups in total. The number of hydrogen-bond donors (Lipinski definition) is 1. The highest BCUT2D eigenvalue weighted by molar-refractivity contribution is 5.87. The fraction of sp³-hybridized carbons (Fsp3) is 0.500. The second kappa shape index (κ2) is 6.93. The molecule has 23 heavy (non-hydrogen) atoms. The highest BCUT2D eigenvalue weighted by Crippen LogP contribution is 2.12. The standard InChI is InChI=1S/C16H21F2N3O2/c1-16(2,3)23-15(22)21-7-6-19-14(10-21)20-9-11-8-12(17)4-5-13(11)18/h4-5,8H,6-7,9-10H2,1-3H3,(H,19,20). The second-order valence-corrected chi connectivity index (χ2v) is 6.32. The molecule has 0 radical (unpaired) electrons. The molecule has 1 aliphatic rings. The van der Waals surface area contributed by atoms with Gasteiger partial charge in [-0.1, -0.05) is 0 Å². The lowest BCUT2D eigenvalue weighted by Crippen LogP contribution is -2.47. The van der Waals surface area contributed by atoms with E-state index in [9.17, 15) is 13.6 Å². The molecule has 7 heteroatoms. The van der Waals surface area contributed by atoms with Crippen LogP contribution in [0.4, 0.5) is 13.6 Å². The van der Waals surface area contributed by atoms with Crippen molar-refractivity contribution in [3.05, 3.63) is 35.4 Å². The molecule has 1 heterocycles. The smallest absolute Gasteiger partial charge is 0.410 e. The van der Waals surface area contributed by atoms with Gasteiger partial charge < -0.3 is 10.1 Å². The summed E-state index contributed by atoms with van der Waals surface area (Å²) >= 11 is 0. The highest BCUT2D eigenvalue weighted by atomic mass is 19.1. The van der Waals surface area contributed by atoms with Crippen LogP contribution in [0.5, 0.6) is 0 Å². The Morgan fingerprint density at radius 2 is 2.13 bits per heavy atom. The summed E-state index contributed by atoms with van der Waals surface area (Å²) in [6.07, 6.45) is -0.413. The largest absolute Gasteiger partial charge is 0.444 e. The number of aliphatic imine (C=N–C) groups is 1. The number of carbonyl (C=O) groups is 1. The van der Waals surface area contributed by atoms with Gasteiger partial charge in [0.05, 0.1) is 13.1 Å². The van der Waals surface area contributed by atoms with Crippen LogP contribution in [-0.4, -0.2) is 42.1 Å². The number of amides is 1. The van der Waals surface area contributed by atoms with E-state index in [1.165, 1.54) is 4.90 Å². The van der Waals surface area contributed by atoms with Gasteiger partial charge in [-0.25, -0.2) is 13.6 Å². The normalized spacial score (nSPS) is 15.2. The fourth-order valence-electron chi connectivity index (χ4n) is 2.09. The van der Waals surface area contributed by atoms with Gasteiger partial charge >= 0.3 is 6.09 Å². The van der Waals surface area contributed by atoms with E-state index in [-0.39, 0.29) is 18.7 Å². The third kappa shape index (κ3) is 5.19. The molecule has 0 unspecified atom stereocenters. The molecule has 0 aromatic heterocycles. The molecule has 0 bridgehead atoms. The van der Waals surface area contributed by atoms with Crippen molar-refractivity contribution in [2.75, 3.05) is 19.6 Å². The molecule has 126 valence electrons. The summed E-state index contributed by atoms with van der Waals surface area (Å²) < 4.78 is 32.0. The maximum absolute atomic E-state index is 13.6. The maximum atomic E-state index is 13.6. The third-order valence-electron chi connectivity index (χ3n) is 3.16. The first kappa shape index (κ1) is 17.2. The van der Waals surface area contributed by atoms with Gasteiger partial charge in [0.25, 0.3) is 0 Å². The summed E-state index contributed by atoms with van der Waals surface area (Å²) in [5.74, 6) is -0.436. The van der Waals surface area contributed by atoms with Crippen molar-refractivity contribution < 1.29 is 18.3 Å². The van der Waals surface area contributed by atoms with Crippen LogP contribution in [0.25, 0.3) is 0 Å². The first-order chi connectivity index (χ1) is 10.7. The Hall–Kier alpha value is -2.18. The van der Waals surface area contributed by atoms with Crippen LogP contribution in [0, 0.1) is 11.6 Å². The summed E-state index contributed by atoms with van der Waals surface area (Å²) in [5, 5.41) is 2.95. The Morgan fingerprint density at radius 1 is 1.39 bits per heavy atom. The van der Waals surface area contributed by atoms with Crippen molar-refractivity contribution in [3.63, 3.8) is 0 Å². The summed E-state index contributed by atoms with van der Waals surface area (Å²) in [7, 11) is 0. The summed E-state index contributed by atoms with van der Waals surface area (Å²) in [6, 6.07) is 3.29. The van der Waals surface area contributed by atoms with Crippen LogP contribution in [0.15, 0.2) is 23.2 Å². The van der Waals surface area contributed by atoms with Gasteiger partial charge in [0.1, 0.15) is 23.1 Å². The molecule has 1 aliphatic heterocycles. The Bertz CT molecular complexity index is 612. The SMILES string of the molecule is CC(C)(C)OC(=O)N1CCN=C(NCc2cc(F)ccc2F)C1. The minimum absolute atomic E-state index is 0.102. The van der Waals surface area contributed by atoms with Crippen molar-refractivity contribution in [1.29, 1.82) is 0 Å². The van der Waals surface area contributed by atoms with Crippen LogP contribution in [0.3, 0.4) is 0 Å². The fourth-order valence-corrected chi connectivity index (χ4v) is 2.09. The molecule has 0 saturated heterocycles. The first-order valence-electron chi connectivity index (χ1n) is 7.43. The van der Waals surface area contributed by atoms with Crippen molar-refractivity contribution in [2.45, 2.75) is 32.9 Å². The van der Waals surface area contributed by atoms with E-state index in [0.29, 0.717) is 18.9 Å². The topological polar surface area (TPSA) is 53.9 Å². The van der Waals surface area contributed by atoms with Gasteiger partial charge in [0.15, 0.2) is 0 Å². The molecular weight excluding hydrogens is 304 g/mol. The highest BCUT2D eigenvalue weighted by Gasteiger charge is 2.25. The zero-order valence-electron chi connectivity index (χ0n) is 13.5. The third-order valence-corrected chi connectivity index (χ3v) is 3.16. The molecule has 0 aliphatic carbocycles. The monoisotopic (exact) mass is 325 g/mol. The van der Waals surface area contributed by atoms with Crippen LogP contribution < -0.4 is 5.32 Å². The maximum Gasteiger partial charge on any atom is 0.410 e. The number of carbonyl (C=O) groups excluding carboxylic acids is 1. The number of hydrogen-bond acceptors (Lipinski definition) is 4. The summed E-state index contributed by atoms with van der Waals surface area (Å²) in [5.41, 5.74) is -0.355. The molecular formula is C16H21F2N3O2. The number of benzene rings is 1. The van der Waals surface area contributed by atoms with Gasteiger partial charge in [-0.05, 0) is 39.0 Å². The summed E-state index contributed by atoms with van der Waals surface area (Å²) in [4.78, 5) is 17.8. The van der Waals surface area contributed by atoms with Crippen molar-refractivity contribution in [3.8, 4) is 0 Å². The van der Waals surface area contributed by atoms with Crippen LogP contribution in [0.2, 0.25) is 0 Å². The molecule has 0 atom stereocenters. The Balaban J connectivity index is 1.93. The number of halogens is 2. The van der Waals surface area contributed by atoms with Crippen LogP contribution in [0.1, 0.15) is 26.3 Å². The average Bonchev–Trinajstić information content (AvgIpc) is 2.47. The zero-order valence-corrected chi connectivity index (χ0v) is 13.5. The molecule has 0 fully saturated rings. The van der Waals surface area contributed by atoms with Crippen LogP contribution in [-0.2, 0) is 11.3 Å². The number of rotatable bonds is 2. The predicted molar refractivity (Wildman–Crippen MR) is 83.3 cm³/mol. The molecule has 0 spiro atoms. The van der Waals surface area contributed by atoms with Gasteiger partial charge in [0, 0.05) is 18.7 Å². The minimum Gasteiger partial charge on any atom is -0.444 e. The van der Waals surface area contributed by atoms with Gasteiger partial charge in [-0.15, -0.1) is 0 Å². The molecule has 0 saturated carbocycles. The number of nitrogens with one attached hydrogen (secondary N) is 1. The van der Waals surface area contributed by atoms with E-state index in [2.05, 4.69) is 10.3 Å². The van der Waals surface area contributed by atoms with Gasteiger partial charge in [0.2, 0.25) is 0 Å². The van der Waals surface area contributed by atoms with Crippen molar-refractivity contribution >= 4 is 11.9 Å². The second-order valence-electron chi connectivity index (χ2n) is 6.32.